The first-order valence-corrected chi connectivity index (χ1v) is 9.51. The van der Waals surface area contributed by atoms with Crippen LogP contribution >= 0.6 is 0 Å². The van der Waals surface area contributed by atoms with Gasteiger partial charge < -0.3 is 4.74 Å². The molecule has 2 heterocycles. The molecular weight excluding hydrogens is 318 g/mol. The summed E-state index contributed by atoms with van der Waals surface area (Å²) in [4.78, 5) is 12.5. The molecule has 1 aliphatic heterocycles. The zero-order valence-electron chi connectivity index (χ0n) is 13.5. The summed E-state index contributed by atoms with van der Waals surface area (Å²) >= 11 is 0. The Morgan fingerprint density at radius 1 is 1.43 bits per heavy atom. The fourth-order valence-corrected chi connectivity index (χ4v) is 5.21. The number of nitrogens with one attached hydrogen (secondary N) is 1. The number of aromatic nitrogens is 2. The highest BCUT2D eigenvalue weighted by molar-refractivity contribution is 7.90. The van der Waals surface area contributed by atoms with Gasteiger partial charge in [0.2, 0.25) is 5.91 Å². The maximum Gasteiger partial charge on any atom is 0.281 e. The number of hydrogen-bond donors (Lipinski definition) is 1. The van der Waals surface area contributed by atoms with Crippen molar-refractivity contribution >= 4 is 15.9 Å². The number of amides is 1. The SMILES string of the molecule is Cc1cnn(C)c1S(=O)(=O)NC(=O)C1CCOC2(CCCC2)C1. The van der Waals surface area contributed by atoms with Crippen LogP contribution in [0.25, 0.3) is 0 Å². The quantitative estimate of drug-likeness (QED) is 0.894. The summed E-state index contributed by atoms with van der Waals surface area (Å²) < 4.78 is 34.4. The summed E-state index contributed by atoms with van der Waals surface area (Å²) in [7, 11) is -2.35. The molecule has 1 N–H and O–H groups in total. The molecular formula is C15H23N3O4S. The number of aryl methyl sites for hydroxylation is 2. The third-order valence-corrected chi connectivity index (χ3v) is 6.49. The first-order valence-electron chi connectivity index (χ1n) is 8.02. The van der Waals surface area contributed by atoms with Crippen LogP contribution in [0.3, 0.4) is 0 Å². The molecule has 23 heavy (non-hydrogen) atoms. The van der Waals surface area contributed by atoms with Crippen LogP contribution in [0.4, 0.5) is 0 Å². The standard InChI is InChI=1S/C15H23N3O4S/c1-11-10-16-18(2)14(11)23(20,21)17-13(19)12-5-8-22-15(9-12)6-3-4-7-15/h10,12H,3-9H2,1-2H3,(H,17,19). The summed E-state index contributed by atoms with van der Waals surface area (Å²) in [6, 6.07) is 0. The van der Waals surface area contributed by atoms with Crippen LogP contribution in [-0.2, 0) is 26.6 Å². The summed E-state index contributed by atoms with van der Waals surface area (Å²) in [6.07, 6.45) is 6.80. The molecule has 1 amide bonds. The molecule has 2 fully saturated rings. The predicted molar refractivity (Wildman–Crippen MR) is 83.1 cm³/mol. The van der Waals surface area contributed by atoms with Crippen LogP contribution in [0.5, 0.6) is 0 Å². The molecule has 1 aromatic rings. The predicted octanol–water partition coefficient (Wildman–Crippen LogP) is 1.27. The summed E-state index contributed by atoms with van der Waals surface area (Å²) in [6.45, 7) is 2.18. The van der Waals surface area contributed by atoms with Gasteiger partial charge in [-0.15, -0.1) is 0 Å². The van der Waals surface area contributed by atoms with Crippen LogP contribution in [0.2, 0.25) is 0 Å². The lowest BCUT2D eigenvalue weighted by Crippen LogP contribution is -2.45. The van der Waals surface area contributed by atoms with Crippen LogP contribution in [0, 0.1) is 12.8 Å². The minimum absolute atomic E-state index is 0.0356. The minimum atomic E-state index is -3.90. The van der Waals surface area contributed by atoms with Crippen molar-refractivity contribution in [3.8, 4) is 0 Å². The van der Waals surface area contributed by atoms with Crippen LogP contribution in [-0.4, -0.2) is 36.3 Å². The lowest BCUT2D eigenvalue weighted by Gasteiger charge is -2.37. The first kappa shape index (κ1) is 16.4. The molecule has 8 heteroatoms. The molecule has 1 spiro atoms. The van der Waals surface area contributed by atoms with Crippen molar-refractivity contribution in [2.75, 3.05) is 6.61 Å². The van der Waals surface area contributed by atoms with Gasteiger partial charge in [-0.2, -0.15) is 13.5 Å². The average Bonchev–Trinajstić information content (AvgIpc) is 3.06. The van der Waals surface area contributed by atoms with E-state index in [9.17, 15) is 13.2 Å². The first-order chi connectivity index (χ1) is 10.8. The van der Waals surface area contributed by atoms with Crippen LogP contribution in [0.15, 0.2) is 11.2 Å². The van der Waals surface area contributed by atoms with Gasteiger partial charge in [0.05, 0.1) is 11.8 Å². The molecule has 3 rings (SSSR count). The number of carbonyl (C=O) groups is 1. The Morgan fingerprint density at radius 2 is 2.13 bits per heavy atom. The number of hydrogen-bond acceptors (Lipinski definition) is 5. The second-order valence-corrected chi connectivity index (χ2v) is 8.25. The van der Waals surface area contributed by atoms with E-state index in [-0.39, 0.29) is 16.5 Å². The molecule has 0 radical (unpaired) electrons. The minimum Gasteiger partial charge on any atom is -0.375 e. The van der Waals surface area contributed by atoms with E-state index in [1.807, 2.05) is 0 Å². The molecule has 0 bridgehead atoms. The lowest BCUT2D eigenvalue weighted by molar-refractivity contribution is -0.136. The largest absolute Gasteiger partial charge is 0.375 e. The lowest BCUT2D eigenvalue weighted by atomic mass is 9.84. The number of sulfonamides is 1. The molecule has 1 unspecified atom stereocenters. The van der Waals surface area contributed by atoms with E-state index < -0.39 is 15.9 Å². The highest BCUT2D eigenvalue weighted by Crippen LogP contribution is 2.42. The zero-order valence-corrected chi connectivity index (χ0v) is 14.4. The van der Waals surface area contributed by atoms with Gasteiger partial charge in [-0.05, 0) is 32.6 Å². The highest BCUT2D eigenvalue weighted by atomic mass is 32.2. The average molecular weight is 341 g/mol. The number of rotatable bonds is 3. The molecule has 1 aromatic heterocycles. The molecule has 2 aliphatic rings. The molecule has 128 valence electrons. The van der Waals surface area contributed by atoms with E-state index in [2.05, 4.69) is 9.82 Å². The van der Waals surface area contributed by atoms with E-state index in [1.54, 1.807) is 14.0 Å². The number of ether oxygens (including phenoxy) is 1. The van der Waals surface area contributed by atoms with E-state index in [1.165, 1.54) is 10.9 Å². The number of carbonyl (C=O) groups excluding carboxylic acids is 1. The maximum absolute atomic E-state index is 12.5. The van der Waals surface area contributed by atoms with E-state index in [4.69, 9.17) is 4.74 Å². The Bertz CT molecular complexity index is 685. The molecule has 1 saturated carbocycles. The van der Waals surface area contributed by atoms with Gasteiger partial charge in [-0.25, -0.2) is 4.72 Å². The number of nitrogens with zero attached hydrogens (tertiary/aromatic N) is 2. The smallest absolute Gasteiger partial charge is 0.281 e. The van der Waals surface area contributed by atoms with Crippen molar-refractivity contribution in [3.05, 3.63) is 11.8 Å². The third kappa shape index (κ3) is 3.14. The fourth-order valence-electron chi connectivity index (χ4n) is 3.81. The second kappa shape index (κ2) is 5.90. The van der Waals surface area contributed by atoms with Gasteiger partial charge in [-0.1, -0.05) is 12.8 Å². The maximum atomic E-state index is 12.5. The van der Waals surface area contributed by atoms with E-state index >= 15 is 0 Å². The van der Waals surface area contributed by atoms with Gasteiger partial charge >= 0.3 is 0 Å². The van der Waals surface area contributed by atoms with Crippen molar-refractivity contribution in [3.63, 3.8) is 0 Å². The summed E-state index contributed by atoms with van der Waals surface area (Å²) in [5, 5.41) is 3.96. The highest BCUT2D eigenvalue weighted by Gasteiger charge is 2.42. The molecule has 1 aliphatic carbocycles. The monoisotopic (exact) mass is 341 g/mol. The van der Waals surface area contributed by atoms with Crippen LogP contribution < -0.4 is 4.72 Å². The van der Waals surface area contributed by atoms with Gasteiger partial charge in [0.25, 0.3) is 10.0 Å². The van der Waals surface area contributed by atoms with Crippen LogP contribution in [0.1, 0.15) is 44.1 Å². The van der Waals surface area contributed by atoms with Gasteiger partial charge in [0.1, 0.15) is 0 Å². The third-order valence-electron chi connectivity index (χ3n) is 4.92. The Hall–Kier alpha value is -1.41. The van der Waals surface area contributed by atoms with Crippen molar-refractivity contribution in [2.45, 2.75) is 56.1 Å². The van der Waals surface area contributed by atoms with Crippen molar-refractivity contribution in [1.82, 2.24) is 14.5 Å². The van der Waals surface area contributed by atoms with Gasteiger partial charge in [-0.3, -0.25) is 9.48 Å². The fraction of sp³-hybridized carbons (Fsp3) is 0.733. The van der Waals surface area contributed by atoms with E-state index in [0.29, 0.717) is 25.0 Å². The summed E-state index contributed by atoms with van der Waals surface area (Å²) in [5.74, 6) is -0.745. The Morgan fingerprint density at radius 3 is 2.74 bits per heavy atom. The zero-order chi connectivity index (χ0) is 16.7. The van der Waals surface area contributed by atoms with Crippen molar-refractivity contribution in [1.29, 1.82) is 0 Å². The molecule has 7 nitrogen and oxygen atoms in total. The normalized spacial score (nSPS) is 24.0. The Labute approximate surface area is 136 Å². The summed E-state index contributed by atoms with van der Waals surface area (Å²) in [5.41, 5.74) is 0.305. The van der Waals surface area contributed by atoms with Gasteiger partial charge in [0, 0.05) is 25.1 Å². The topological polar surface area (TPSA) is 90.3 Å². The second-order valence-electron chi connectivity index (χ2n) is 6.65. The van der Waals surface area contributed by atoms with Gasteiger partial charge in [0.15, 0.2) is 5.03 Å². The molecule has 1 saturated heterocycles. The molecule has 1 atom stereocenters. The van der Waals surface area contributed by atoms with E-state index in [0.717, 1.165) is 25.7 Å². The van der Waals surface area contributed by atoms with Crippen molar-refractivity contribution in [2.24, 2.45) is 13.0 Å². The van der Waals surface area contributed by atoms with Crippen molar-refractivity contribution < 1.29 is 17.9 Å². The Balaban J connectivity index is 1.74. The molecule has 0 aromatic carbocycles. The Kier molecular flexibility index (Phi) is 4.22.